The van der Waals surface area contributed by atoms with Gasteiger partial charge in [0.2, 0.25) is 0 Å². The first kappa shape index (κ1) is 17.4. The Morgan fingerprint density at radius 2 is 1.12 bits per heavy atom. The highest BCUT2D eigenvalue weighted by atomic mass is 16.5. The Hall–Kier alpha value is -4.33. The van der Waals surface area contributed by atoms with Crippen molar-refractivity contribution in [1.82, 2.24) is 0 Å². The first-order valence-electron chi connectivity index (χ1n) is 11.8. The minimum Gasteiger partial charge on any atom is -0.504 e. The number of hydrogen-bond donors (Lipinski definition) is 3. The van der Waals surface area contributed by atoms with Gasteiger partial charge in [-0.3, -0.25) is 14.4 Å². The second-order valence-electron chi connectivity index (χ2n) is 6.06. The Morgan fingerprint density at radius 3 is 1.59 bits per heavy atom. The minimum absolute atomic E-state index is 0.171. The van der Waals surface area contributed by atoms with Gasteiger partial charge in [-0.2, -0.15) is 0 Å². The average Bonchev–Trinajstić information content (AvgIpc) is 2.82. The molecule has 168 valence electrons. The molecule has 8 nitrogen and oxygen atoms in total. The maximum absolute atomic E-state index is 10.4. The average molecular weight is 446 g/mol. The molecule has 0 atom stereocenters. The first-order chi connectivity index (χ1) is 17.6. The zero-order valence-electron chi connectivity index (χ0n) is 22.8. The van der Waals surface area contributed by atoms with Gasteiger partial charge < -0.3 is 24.8 Å². The van der Waals surface area contributed by atoms with E-state index in [0.717, 1.165) is 6.07 Å². The highest BCUT2D eigenvalue weighted by molar-refractivity contribution is 5.77. The molecule has 0 aliphatic carbocycles. The number of methoxy groups -OCH3 is 2. The zero-order valence-corrected chi connectivity index (χ0v) is 16.8. The SMILES string of the molecule is O=Cc1ccc(O)c(O)c1.[2H]C([2H])([2H])Oc1ccc(C=O)cc1C.[2H]C([2H])([2H])Oc1ccc(C=O)cc1O. The molecule has 3 N–H and O–H groups in total. The van der Waals surface area contributed by atoms with Gasteiger partial charge in [0.1, 0.15) is 24.6 Å². The summed E-state index contributed by atoms with van der Waals surface area (Å²) in [5.41, 5.74) is 1.72. The van der Waals surface area contributed by atoms with E-state index >= 15 is 0 Å². The second-order valence-corrected chi connectivity index (χ2v) is 6.06. The van der Waals surface area contributed by atoms with Crippen molar-refractivity contribution < 1.29 is 47.4 Å². The lowest BCUT2D eigenvalue weighted by atomic mass is 10.1. The monoisotopic (exact) mass is 446 g/mol. The lowest BCUT2D eigenvalue weighted by Crippen LogP contribution is -1.88. The van der Waals surface area contributed by atoms with Crippen molar-refractivity contribution in [3.63, 3.8) is 0 Å². The number of ether oxygens (including phenoxy) is 2. The Labute approximate surface area is 193 Å². The van der Waals surface area contributed by atoms with E-state index in [9.17, 15) is 19.5 Å². The molecule has 3 rings (SSSR count). The van der Waals surface area contributed by atoms with Gasteiger partial charge in [0.15, 0.2) is 23.0 Å². The van der Waals surface area contributed by atoms with Gasteiger partial charge in [-0.1, -0.05) is 0 Å². The molecule has 0 unspecified atom stereocenters. The standard InChI is InChI=1S/C9H10O2.C8H8O3.C7H6O3/c1-7-5-8(6-10)3-4-9(7)11-2;1-11-8-3-2-6(5-9)4-7(8)10;8-4-5-1-2-6(9)7(10)3-5/h3-6H,1-2H3;2-5,10H,1H3;1-4,9-10H/i2D3;1D3;. The lowest BCUT2D eigenvalue weighted by Gasteiger charge is -2.03. The number of phenolic OH excluding ortho intramolecular Hbond substituents is 3. The summed E-state index contributed by atoms with van der Waals surface area (Å²) < 4.78 is 50.3. The fourth-order valence-corrected chi connectivity index (χ4v) is 2.17. The number of aryl methyl sites for hydroxylation is 1. The fourth-order valence-electron chi connectivity index (χ4n) is 2.17. The third kappa shape index (κ3) is 7.83. The summed E-state index contributed by atoms with van der Waals surface area (Å²) in [6.07, 6.45) is 1.84. The van der Waals surface area contributed by atoms with Crippen LogP contribution in [-0.4, -0.2) is 48.3 Å². The lowest BCUT2D eigenvalue weighted by molar-refractivity contribution is 0.111. The van der Waals surface area contributed by atoms with E-state index < -0.39 is 14.1 Å². The molecule has 3 aromatic rings. The van der Waals surface area contributed by atoms with Crippen LogP contribution in [0.15, 0.2) is 54.6 Å². The summed E-state index contributed by atoms with van der Waals surface area (Å²) in [4.78, 5) is 30.8. The molecular formula is C24H24O8. The maximum Gasteiger partial charge on any atom is 0.160 e. The van der Waals surface area contributed by atoms with Gasteiger partial charge >= 0.3 is 0 Å². The van der Waals surface area contributed by atoms with Crippen molar-refractivity contribution in [3.8, 4) is 28.7 Å². The van der Waals surface area contributed by atoms with Crippen LogP contribution in [0.2, 0.25) is 0 Å². The summed E-state index contributed by atoms with van der Waals surface area (Å²) in [6.45, 7) is 1.69. The number of aldehydes is 3. The molecule has 0 radical (unpaired) electrons. The molecule has 0 aliphatic rings. The summed E-state index contributed by atoms with van der Waals surface area (Å²) in [5, 5.41) is 26.8. The third-order valence-electron chi connectivity index (χ3n) is 3.81. The van der Waals surface area contributed by atoms with E-state index in [0.29, 0.717) is 35.5 Å². The predicted octanol–water partition coefficient (Wildman–Crippen LogP) is 3.94. The molecule has 0 aliphatic heterocycles. The van der Waals surface area contributed by atoms with Crippen LogP contribution < -0.4 is 9.47 Å². The van der Waals surface area contributed by atoms with E-state index in [1.54, 1.807) is 13.0 Å². The maximum atomic E-state index is 10.4. The van der Waals surface area contributed by atoms with Crippen LogP contribution in [0.3, 0.4) is 0 Å². The van der Waals surface area contributed by atoms with Crippen molar-refractivity contribution in [2.75, 3.05) is 14.1 Å². The number of carbonyl (C=O) groups excluding carboxylic acids is 3. The summed E-state index contributed by atoms with van der Waals surface area (Å²) >= 11 is 0. The highest BCUT2D eigenvalue weighted by Crippen LogP contribution is 2.25. The van der Waals surface area contributed by atoms with Crippen molar-refractivity contribution in [3.05, 3.63) is 76.9 Å². The molecule has 0 heterocycles. The quantitative estimate of drug-likeness (QED) is 0.397. The molecule has 3 aromatic carbocycles. The molecule has 0 aromatic heterocycles. The van der Waals surface area contributed by atoms with Gasteiger partial charge in [-0.05, 0) is 67.1 Å². The van der Waals surface area contributed by atoms with Crippen molar-refractivity contribution in [2.24, 2.45) is 0 Å². The topological polar surface area (TPSA) is 130 Å². The van der Waals surface area contributed by atoms with E-state index in [-0.39, 0.29) is 34.3 Å². The predicted molar refractivity (Wildman–Crippen MR) is 118 cm³/mol. The molecular weight excluding hydrogens is 416 g/mol. The van der Waals surface area contributed by atoms with Crippen molar-refractivity contribution in [2.45, 2.75) is 6.92 Å². The molecule has 0 bridgehead atoms. The van der Waals surface area contributed by atoms with Gasteiger partial charge in [0, 0.05) is 16.7 Å². The van der Waals surface area contributed by atoms with Crippen LogP contribution in [0.1, 0.15) is 44.9 Å². The molecule has 32 heavy (non-hydrogen) atoms. The van der Waals surface area contributed by atoms with Gasteiger partial charge in [-0.15, -0.1) is 0 Å². The molecule has 8 heteroatoms. The summed E-state index contributed by atoms with van der Waals surface area (Å²) in [6, 6.07) is 12.2. The van der Waals surface area contributed by atoms with E-state index in [4.69, 9.17) is 23.2 Å². The highest BCUT2D eigenvalue weighted by Gasteiger charge is 2.00. The Morgan fingerprint density at radius 1 is 0.656 bits per heavy atom. The molecule has 0 amide bonds. The van der Waals surface area contributed by atoms with Crippen LogP contribution in [0.4, 0.5) is 0 Å². The first-order valence-corrected chi connectivity index (χ1v) is 8.77. The van der Waals surface area contributed by atoms with Crippen LogP contribution in [-0.2, 0) is 0 Å². The minimum atomic E-state index is -2.61. The third-order valence-corrected chi connectivity index (χ3v) is 3.81. The summed E-state index contributed by atoms with van der Waals surface area (Å²) in [5.74, 6) is -0.757. The van der Waals surface area contributed by atoms with Gasteiger partial charge in [0.05, 0.1) is 22.3 Å². The molecule has 0 fully saturated rings. The van der Waals surface area contributed by atoms with Gasteiger partial charge in [0.25, 0.3) is 0 Å². The normalized spacial score (nSPS) is 12.8. The zero-order chi connectivity index (χ0) is 29.1. The number of aromatic hydroxyl groups is 3. The molecule has 0 saturated heterocycles. The number of phenols is 3. The van der Waals surface area contributed by atoms with E-state index in [2.05, 4.69) is 4.74 Å². The van der Waals surface area contributed by atoms with Crippen LogP contribution in [0.25, 0.3) is 0 Å². The second kappa shape index (κ2) is 13.1. The Balaban J connectivity index is 0.000000290. The Bertz CT molecular complexity index is 1190. The van der Waals surface area contributed by atoms with Crippen LogP contribution in [0, 0.1) is 6.92 Å². The number of hydrogen-bond acceptors (Lipinski definition) is 8. The largest absolute Gasteiger partial charge is 0.504 e. The smallest absolute Gasteiger partial charge is 0.160 e. The van der Waals surface area contributed by atoms with Crippen molar-refractivity contribution in [1.29, 1.82) is 0 Å². The van der Waals surface area contributed by atoms with Gasteiger partial charge in [-0.25, -0.2) is 0 Å². The molecule has 0 saturated carbocycles. The fraction of sp³-hybridized carbons (Fsp3) is 0.125. The van der Waals surface area contributed by atoms with E-state index in [1.165, 1.54) is 42.5 Å². The number of rotatable bonds is 5. The Kier molecular flexibility index (Phi) is 7.09. The molecule has 0 spiro atoms. The van der Waals surface area contributed by atoms with Crippen molar-refractivity contribution >= 4 is 18.9 Å². The van der Waals surface area contributed by atoms with Crippen LogP contribution >= 0.6 is 0 Å². The van der Waals surface area contributed by atoms with Crippen LogP contribution in [0.5, 0.6) is 28.7 Å². The summed E-state index contributed by atoms with van der Waals surface area (Å²) in [7, 11) is -5.06. The number of benzene rings is 3. The van der Waals surface area contributed by atoms with E-state index in [1.807, 2.05) is 0 Å². The number of carbonyl (C=O) groups is 3.